The zero-order valence-electron chi connectivity index (χ0n) is 16.8. The minimum atomic E-state index is -0.434. The molecule has 0 atom stereocenters. The van der Waals surface area contributed by atoms with E-state index in [2.05, 4.69) is 5.32 Å². The number of hydrogen-bond donors (Lipinski definition) is 1. The summed E-state index contributed by atoms with van der Waals surface area (Å²) in [5.74, 6) is -0.602. The normalized spacial score (nSPS) is 10.9. The number of ether oxygens (including phenoxy) is 1. The maximum absolute atomic E-state index is 12.8. The van der Waals surface area contributed by atoms with E-state index in [1.54, 1.807) is 13.0 Å². The summed E-state index contributed by atoms with van der Waals surface area (Å²) in [5, 5.41) is 4.50. The average Bonchev–Trinajstić information content (AvgIpc) is 3.31. The fourth-order valence-corrected chi connectivity index (χ4v) is 4.57. The second-order valence-electron chi connectivity index (χ2n) is 6.95. The Labute approximate surface area is 178 Å². The Morgan fingerprint density at radius 2 is 1.80 bits per heavy atom. The summed E-state index contributed by atoms with van der Waals surface area (Å²) in [5.41, 5.74) is 3.40. The van der Waals surface area contributed by atoms with Crippen LogP contribution in [0.25, 0.3) is 21.3 Å². The molecule has 6 heteroatoms. The summed E-state index contributed by atoms with van der Waals surface area (Å²) in [6.07, 6.45) is 2.20. The van der Waals surface area contributed by atoms with Gasteiger partial charge in [-0.25, -0.2) is 4.79 Å². The standard InChI is InChI=1S/C24H22N2O3S/c1-3-29-24(28)19-14-21(16-9-5-4-6-10-16)30-23(19)25-22(27)13-17-15-26(2)20-12-8-7-11-18(17)20/h4-12,14-15H,3,13H2,1-2H3,(H,25,27). The fourth-order valence-electron chi connectivity index (χ4n) is 3.50. The minimum Gasteiger partial charge on any atom is -0.462 e. The van der Waals surface area contributed by atoms with Crippen molar-refractivity contribution in [1.29, 1.82) is 0 Å². The lowest BCUT2D eigenvalue weighted by atomic mass is 10.1. The molecule has 0 radical (unpaired) electrons. The third-order valence-corrected chi connectivity index (χ3v) is 5.97. The van der Waals surface area contributed by atoms with Gasteiger partial charge in [-0.05, 0) is 30.2 Å². The molecule has 0 fully saturated rings. The molecule has 0 saturated heterocycles. The molecule has 1 N–H and O–H groups in total. The number of aryl methyl sites for hydroxylation is 1. The highest BCUT2D eigenvalue weighted by Gasteiger charge is 2.20. The van der Waals surface area contributed by atoms with Crippen molar-refractivity contribution < 1.29 is 14.3 Å². The van der Waals surface area contributed by atoms with E-state index >= 15 is 0 Å². The first kappa shape index (κ1) is 19.9. The Balaban J connectivity index is 1.61. The third kappa shape index (κ3) is 4.00. The molecule has 152 valence electrons. The molecule has 0 aliphatic rings. The van der Waals surface area contributed by atoms with Gasteiger partial charge in [-0.15, -0.1) is 11.3 Å². The molecule has 0 spiro atoms. The highest BCUT2D eigenvalue weighted by atomic mass is 32.1. The van der Waals surface area contributed by atoms with E-state index in [0.717, 1.165) is 26.9 Å². The zero-order valence-corrected chi connectivity index (χ0v) is 17.7. The van der Waals surface area contributed by atoms with Gasteiger partial charge in [-0.2, -0.15) is 0 Å². The van der Waals surface area contributed by atoms with Crippen LogP contribution in [0.1, 0.15) is 22.8 Å². The quantitative estimate of drug-likeness (QED) is 0.434. The van der Waals surface area contributed by atoms with Gasteiger partial charge in [0.2, 0.25) is 5.91 Å². The smallest absolute Gasteiger partial charge is 0.341 e. The van der Waals surface area contributed by atoms with Gasteiger partial charge in [-0.1, -0.05) is 48.5 Å². The highest BCUT2D eigenvalue weighted by Crippen LogP contribution is 2.36. The second-order valence-corrected chi connectivity index (χ2v) is 8.00. The molecule has 0 aliphatic heterocycles. The Morgan fingerprint density at radius 3 is 2.57 bits per heavy atom. The Hall–Kier alpha value is -3.38. The summed E-state index contributed by atoms with van der Waals surface area (Å²) in [7, 11) is 1.97. The molecule has 1 amide bonds. The number of amides is 1. The van der Waals surface area contributed by atoms with Crippen molar-refractivity contribution >= 4 is 39.1 Å². The molecule has 0 aliphatic carbocycles. The van der Waals surface area contributed by atoms with Crippen LogP contribution in [-0.4, -0.2) is 23.1 Å². The SMILES string of the molecule is CCOC(=O)c1cc(-c2ccccc2)sc1NC(=O)Cc1cn(C)c2ccccc12. The van der Waals surface area contributed by atoms with Crippen molar-refractivity contribution in [3.05, 3.63) is 78.0 Å². The van der Waals surface area contributed by atoms with E-state index in [-0.39, 0.29) is 18.9 Å². The van der Waals surface area contributed by atoms with Crippen LogP contribution in [0.4, 0.5) is 5.00 Å². The molecule has 2 aromatic heterocycles. The Morgan fingerprint density at radius 1 is 1.07 bits per heavy atom. The molecule has 5 nitrogen and oxygen atoms in total. The van der Waals surface area contributed by atoms with Crippen LogP contribution in [0.15, 0.2) is 66.9 Å². The molecule has 4 rings (SSSR count). The molecule has 2 heterocycles. The number of nitrogens with one attached hydrogen (secondary N) is 1. The van der Waals surface area contributed by atoms with E-state index in [0.29, 0.717) is 10.6 Å². The van der Waals surface area contributed by atoms with E-state index < -0.39 is 5.97 Å². The number of aromatic nitrogens is 1. The molecular weight excluding hydrogens is 396 g/mol. The van der Waals surface area contributed by atoms with E-state index in [9.17, 15) is 9.59 Å². The number of para-hydroxylation sites is 1. The van der Waals surface area contributed by atoms with Crippen LogP contribution in [0, 0.1) is 0 Å². The van der Waals surface area contributed by atoms with E-state index in [4.69, 9.17) is 4.74 Å². The summed E-state index contributed by atoms with van der Waals surface area (Å²) in [6.45, 7) is 2.04. The van der Waals surface area contributed by atoms with Crippen LogP contribution < -0.4 is 5.32 Å². The van der Waals surface area contributed by atoms with Gasteiger partial charge in [0.15, 0.2) is 0 Å². The topological polar surface area (TPSA) is 60.3 Å². The van der Waals surface area contributed by atoms with E-state index in [1.165, 1.54) is 11.3 Å². The number of benzene rings is 2. The summed E-state index contributed by atoms with van der Waals surface area (Å²) >= 11 is 1.38. The lowest BCUT2D eigenvalue weighted by Crippen LogP contribution is -2.16. The lowest BCUT2D eigenvalue weighted by molar-refractivity contribution is -0.115. The third-order valence-electron chi connectivity index (χ3n) is 4.87. The monoisotopic (exact) mass is 418 g/mol. The molecule has 0 bridgehead atoms. The van der Waals surface area contributed by atoms with Crippen molar-refractivity contribution in [3.63, 3.8) is 0 Å². The number of anilines is 1. The van der Waals surface area contributed by atoms with E-state index in [1.807, 2.05) is 72.4 Å². The minimum absolute atomic E-state index is 0.168. The van der Waals surface area contributed by atoms with Crippen LogP contribution in [0.5, 0.6) is 0 Å². The number of esters is 1. The van der Waals surface area contributed by atoms with Crippen LogP contribution >= 0.6 is 11.3 Å². The maximum Gasteiger partial charge on any atom is 0.341 e. The first-order chi connectivity index (χ1) is 14.6. The van der Waals surface area contributed by atoms with Crippen molar-refractivity contribution in [2.75, 3.05) is 11.9 Å². The van der Waals surface area contributed by atoms with Gasteiger partial charge in [0.05, 0.1) is 18.6 Å². The van der Waals surface area contributed by atoms with Gasteiger partial charge < -0.3 is 14.6 Å². The zero-order chi connectivity index (χ0) is 21.1. The Kier molecular flexibility index (Phi) is 5.68. The van der Waals surface area contributed by atoms with Crippen molar-refractivity contribution in [3.8, 4) is 10.4 Å². The first-order valence-corrected chi connectivity index (χ1v) is 10.6. The average molecular weight is 419 g/mol. The second kappa shape index (κ2) is 8.55. The summed E-state index contributed by atoms with van der Waals surface area (Å²) < 4.78 is 7.21. The van der Waals surface area contributed by atoms with Gasteiger partial charge in [0.25, 0.3) is 0 Å². The van der Waals surface area contributed by atoms with Crippen molar-refractivity contribution in [2.24, 2.45) is 7.05 Å². The lowest BCUT2D eigenvalue weighted by Gasteiger charge is -2.06. The molecule has 4 aromatic rings. The van der Waals surface area contributed by atoms with Crippen LogP contribution in [0.3, 0.4) is 0 Å². The number of fused-ring (bicyclic) bond motifs is 1. The number of carbonyl (C=O) groups excluding carboxylic acids is 2. The molecule has 2 aromatic carbocycles. The number of carbonyl (C=O) groups is 2. The number of rotatable bonds is 6. The number of nitrogens with zero attached hydrogens (tertiary/aromatic N) is 1. The summed E-state index contributed by atoms with van der Waals surface area (Å²) in [6, 6.07) is 19.5. The highest BCUT2D eigenvalue weighted by molar-refractivity contribution is 7.20. The molecular formula is C24H22N2O3S. The van der Waals surface area contributed by atoms with Crippen molar-refractivity contribution in [1.82, 2.24) is 4.57 Å². The van der Waals surface area contributed by atoms with Crippen LogP contribution in [-0.2, 0) is 23.0 Å². The first-order valence-electron chi connectivity index (χ1n) is 9.76. The molecule has 30 heavy (non-hydrogen) atoms. The summed E-state index contributed by atoms with van der Waals surface area (Å²) in [4.78, 5) is 26.2. The van der Waals surface area contributed by atoms with Gasteiger partial charge in [0, 0.05) is 29.0 Å². The molecule has 0 saturated carbocycles. The van der Waals surface area contributed by atoms with Crippen molar-refractivity contribution in [2.45, 2.75) is 13.3 Å². The number of hydrogen-bond acceptors (Lipinski definition) is 4. The maximum atomic E-state index is 12.8. The fraction of sp³-hybridized carbons (Fsp3) is 0.167. The Bertz CT molecular complexity index is 1210. The number of thiophene rings is 1. The predicted molar refractivity (Wildman–Crippen MR) is 121 cm³/mol. The largest absolute Gasteiger partial charge is 0.462 e. The van der Waals surface area contributed by atoms with Gasteiger partial charge in [-0.3, -0.25) is 4.79 Å². The van der Waals surface area contributed by atoms with Gasteiger partial charge in [0.1, 0.15) is 5.00 Å². The predicted octanol–water partition coefficient (Wildman–Crippen LogP) is 5.26. The molecule has 0 unspecified atom stereocenters. The van der Waals surface area contributed by atoms with Crippen LogP contribution in [0.2, 0.25) is 0 Å². The van der Waals surface area contributed by atoms with Gasteiger partial charge >= 0.3 is 5.97 Å².